The summed E-state index contributed by atoms with van der Waals surface area (Å²) in [6.07, 6.45) is 7.65. The zero-order chi connectivity index (χ0) is 12.3. The number of hydrogen-bond donors (Lipinski definition) is 1. The highest BCUT2D eigenvalue weighted by Crippen LogP contribution is 2.32. The van der Waals surface area contributed by atoms with Crippen LogP contribution in [-0.2, 0) is 9.53 Å². The molecule has 1 aliphatic carbocycles. The first-order chi connectivity index (χ1) is 8.16. The van der Waals surface area contributed by atoms with E-state index in [0.29, 0.717) is 6.04 Å². The van der Waals surface area contributed by atoms with Gasteiger partial charge in [-0.05, 0) is 45.4 Å². The van der Waals surface area contributed by atoms with Gasteiger partial charge in [0.2, 0.25) is 0 Å². The molecule has 0 bridgehead atoms. The van der Waals surface area contributed by atoms with E-state index >= 15 is 0 Å². The molecule has 0 spiro atoms. The van der Waals surface area contributed by atoms with Crippen molar-refractivity contribution in [3.05, 3.63) is 0 Å². The van der Waals surface area contributed by atoms with E-state index in [0.717, 1.165) is 12.3 Å². The van der Waals surface area contributed by atoms with Crippen LogP contribution in [0.4, 0.5) is 0 Å². The third-order valence-corrected chi connectivity index (χ3v) is 4.10. The molecule has 0 aromatic rings. The first-order valence-electron chi connectivity index (χ1n) is 7.07. The molecule has 1 saturated heterocycles. The first kappa shape index (κ1) is 13.0. The van der Waals surface area contributed by atoms with E-state index in [-0.39, 0.29) is 24.5 Å². The maximum atomic E-state index is 12.0. The van der Waals surface area contributed by atoms with Gasteiger partial charge in [-0.2, -0.15) is 0 Å². The van der Waals surface area contributed by atoms with Crippen LogP contribution in [0.1, 0.15) is 52.4 Å². The van der Waals surface area contributed by atoms with Gasteiger partial charge in [0.15, 0.2) is 5.78 Å². The Bertz CT molecular complexity index is 265. The fraction of sp³-hybridized carbons (Fsp3) is 0.929. The largest absolute Gasteiger partial charge is 0.371 e. The molecule has 0 aromatic heterocycles. The van der Waals surface area contributed by atoms with Gasteiger partial charge in [0, 0.05) is 6.04 Å². The monoisotopic (exact) mass is 239 g/mol. The normalized spacial score (nSPS) is 33.5. The van der Waals surface area contributed by atoms with E-state index in [9.17, 15) is 4.79 Å². The Hall–Kier alpha value is -0.410. The second kappa shape index (κ2) is 5.96. The standard InChI is InChI=1S/C14H25NO2/c1-10(2)17-9-14(16)13-8-7-11-5-3-4-6-12(11)15-13/h10-13,15H,3-9H2,1-2H3. The fourth-order valence-electron chi connectivity index (χ4n) is 3.10. The molecule has 0 amide bonds. The molecule has 3 unspecified atom stereocenters. The predicted octanol–water partition coefficient (Wildman–Crippen LogP) is 2.29. The Labute approximate surface area is 104 Å². The van der Waals surface area contributed by atoms with Crippen LogP contribution in [0.2, 0.25) is 0 Å². The molecule has 1 aliphatic heterocycles. The van der Waals surface area contributed by atoms with Crippen molar-refractivity contribution in [1.82, 2.24) is 5.32 Å². The zero-order valence-electron chi connectivity index (χ0n) is 11.1. The molecule has 17 heavy (non-hydrogen) atoms. The number of ketones is 1. The molecule has 1 heterocycles. The Balaban J connectivity index is 1.80. The van der Waals surface area contributed by atoms with Crippen molar-refractivity contribution in [2.45, 2.75) is 70.6 Å². The van der Waals surface area contributed by atoms with Crippen molar-refractivity contribution in [2.75, 3.05) is 6.61 Å². The highest BCUT2D eigenvalue weighted by molar-refractivity contribution is 5.85. The van der Waals surface area contributed by atoms with Crippen molar-refractivity contribution in [3.8, 4) is 0 Å². The van der Waals surface area contributed by atoms with E-state index in [1.165, 1.54) is 32.1 Å². The van der Waals surface area contributed by atoms with E-state index in [4.69, 9.17) is 4.74 Å². The smallest absolute Gasteiger partial charge is 0.175 e. The lowest BCUT2D eigenvalue weighted by Crippen LogP contribution is -2.52. The van der Waals surface area contributed by atoms with E-state index in [1.807, 2.05) is 13.8 Å². The van der Waals surface area contributed by atoms with Crippen molar-refractivity contribution < 1.29 is 9.53 Å². The quantitative estimate of drug-likeness (QED) is 0.818. The van der Waals surface area contributed by atoms with Gasteiger partial charge in [-0.15, -0.1) is 0 Å². The van der Waals surface area contributed by atoms with Crippen LogP contribution >= 0.6 is 0 Å². The third-order valence-electron chi connectivity index (χ3n) is 4.10. The van der Waals surface area contributed by atoms with Crippen molar-refractivity contribution in [2.24, 2.45) is 5.92 Å². The number of hydrogen-bond acceptors (Lipinski definition) is 3. The second-order valence-electron chi connectivity index (χ2n) is 5.77. The first-order valence-corrected chi connectivity index (χ1v) is 7.07. The van der Waals surface area contributed by atoms with Crippen LogP contribution in [-0.4, -0.2) is 30.6 Å². The molecule has 98 valence electrons. The Morgan fingerprint density at radius 2 is 2.00 bits per heavy atom. The molecule has 1 saturated carbocycles. The van der Waals surface area contributed by atoms with Gasteiger partial charge in [0.05, 0.1) is 12.1 Å². The predicted molar refractivity (Wildman–Crippen MR) is 68.0 cm³/mol. The van der Waals surface area contributed by atoms with Crippen molar-refractivity contribution in [3.63, 3.8) is 0 Å². The summed E-state index contributed by atoms with van der Waals surface area (Å²) in [4.78, 5) is 12.0. The lowest BCUT2D eigenvalue weighted by molar-refractivity contribution is -0.128. The van der Waals surface area contributed by atoms with Crippen LogP contribution in [0.5, 0.6) is 0 Å². The maximum absolute atomic E-state index is 12.0. The van der Waals surface area contributed by atoms with Crippen LogP contribution in [0.3, 0.4) is 0 Å². The van der Waals surface area contributed by atoms with Gasteiger partial charge in [0.25, 0.3) is 0 Å². The highest BCUT2D eigenvalue weighted by atomic mass is 16.5. The minimum atomic E-state index is 0.0492. The molecule has 2 rings (SSSR count). The molecule has 3 nitrogen and oxygen atoms in total. The number of piperidine rings is 1. The number of rotatable bonds is 4. The van der Waals surface area contributed by atoms with Crippen LogP contribution in [0.25, 0.3) is 0 Å². The highest BCUT2D eigenvalue weighted by Gasteiger charge is 2.34. The summed E-state index contributed by atoms with van der Waals surface area (Å²) in [5, 5.41) is 3.55. The van der Waals surface area contributed by atoms with Crippen LogP contribution < -0.4 is 5.32 Å². The number of ether oxygens (including phenoxy) is 1. The molecule has 2 fully saturated rings. The summed E-state index contributed by atoms with van der Waals surface area (Å²) < 4.78 is 5.40. The minimum Gasteiger partial charge on any atom is -0.371 e. The summed E-state index contributed by atoms with van der Waals surface area (Å²) in [7, 11) is 0. The molecule has 3 heteroatoms. The maximum Gasteiger partial charge on any atom is 0.175 e. The summed E-state index contributed by atoms with van der Waals surface area (Å²) in [6, 6.07) is 0.638. The van der Waals surface area contributed by atoms with E-state index in [1.54, 1.807) is 0 Å². The van der Waals surface area contributed by atoms with Gasteiger partial charge in [-0.25, -0.2) is 0 Å². The average Bonchev–Trinajstić information content (AvgIpc) is 2.35. The Morgan fingerprint density at radius 1 is 1.24 bits per heavy atom. The van der Waals surface area contributed by atoms with Gasteiger partial charge < -0.3 is 10.1 Å². The van der Waals surface area contributed by atoms with Gasteiger partial charge in [0.1, 0.15) is 6.61 Å². The van der Waals surface area contributed by atoms with E-state index < -0.39 is 0 Å². The van der Waals surface area contributed by atoms with E-state index in [2.05, 4.69) is 5.32 Å². The number of carbonyl (C=O) groups excluding carboxylic acids is 1. The molecule has 0 aromatic carbocycles. The molecular formula is C14H25NO2. The summed E-state index contributed by atoms with van der Waals surface area (Å²) in [5.41, 5.74) is 0. The Morgan fingerprint density at radius 3 is 2.76 bits per heavy atom. The van der Waals surface area contributed by atoms with Crippen molar-refractivity contribution in [1.29, 1.82) is 0 Å². The third kappa shape index (κ3) is 3.52. The topological polar surface area (TPSA) is 38.3 Å². The number of fused-ring (bicyclic) bond motifs is 1. The minimum absolute atomic E-state index is 0.0492. The van der Waals surface area contributed by atoms with Crippen molar-refractivity contribution >= 4 is 5.78 Å². The Kier molecular flexibility index (Phi) is 4.57. The van der Waals surface area contributed by atoms with Gasteiger partial charge in [-0.1, -0.05) is 12.8 Å². The molecule has 2 aliphatic rings. The summed E-state index contributed by atoms with van der Waals surface area (Å²) in [6.45, 7) is 4.21. The molecule has 3 atom stereocenters. The van der Waals surface area contributed by atoms with Crippen LogP contribution in [0, 0.1) is 5.92 Å². The van der Waals surface area contributed by atoms with Gasteiger partial charge in [-0.3, -0.25) is 4.79 Å². The molecule has 1 N–H and O–H groups in total. The number of carbonyl (C=O) groups is 1. The summed E-state index contributed by atoms with van der Waals surface area (Å²) >= 11 is 0. The average molecular weight is 239 g/mol. The second-order valence-corrected chi connectivity index (χ2v) is 5.77. The summed E-state index contributed by atoms with van der Waals surface area (Å²) in [5.74, 6) is 1.06. The number of nitrogens with one attached hydrogen (secondary N) is 1. The SMILES string of the molecule is CC(C)OCC(=O)C1CCC2CCCCC2N1. The fourth-order valence-corrected chi connectivity index (χ4v) is 3.10. The van der Waals surface area contributed by atoms with Gasteiger partial charge >= 0.3 is 0 Å². The lowest BCUT2D eigenvalue weighted by atomic mass is 9.77. The number of Topliss-reactive ketones (excluding diaryl/α,β-unsaturated/α-hetero) is 1. The lowest BCUT2D eigenvalue weighted by Gasteiger charge is -2.40. The molecular weight excluding hydrogens is 214 g/mol. The van der Waals surface area contributed by atoms with Crippen LogP contribution in [0.15, 0.2) is 0 Å². The zero-order valence-corrected chi connectivity index (χ0v) is 11.1. The molecule has 0 radical (unpaired) electrons.